The Labute approximate surface area is 74.5 Å². The molecular formula is C8H19N3O. The fourth-order valence-electron chi connectivity index (χ4n) is 0.660. The van der Waals surface area contributed by atoms with Gasteiger partial charge in [0.1, 0.15) is 0 Å². The Morgan fingerprint density at radius 2 is 1.75 bits per heavy atom. The van der Waals surface area contributed by atoms with E-state index in [9.17, 15) is 4.79 Å². The molecule has 1 N–H and O–H groups in total. The number of nitrogens with zero attached hydrogens (tertiary/aromatic N) is 2. The Bertz CT molecular complexity index is 120. The van der Waals surface area contributed by atoms with Gasteiger partial charge < -0.3 is 10.2 Å². The van der Waals surface area contributed by atoms with E-state index in [1.54, 1.807) is 0 Å². The smallest absolute Gasteiger partial charge is 0.222 e. The SMILES string of the molecule is CN(C)CCC(=O)NCN(C)C. The average molecular weight is 173 g/mol. The van der Waals surface area contributed by atoms with Crippen molar-refractivity contribution < 1.29 is 4.79 Å². The van der Waals surface area contributed by atoms with E-state index in [1.165, 1.54) is 0 Å². The van der Waals surface area contributed by atoms with Crippen molar-refractivity contribution >= 4 is 5.91 Å². The summed E-state index contributed by atoms with van der Waals surface area (Å²) in [6, 6.07) is 0. The van der Waals surface area contributed by atoms with Gasteiger partial charge in [0.25, 0.3) is 0 Å². The first-order chi connectivity index (χ1) is 5.52. The summed E-state index contributed by atoms with van der Waals surface area (Å²) in [7, 11) is 7.76. The van der Waals surface area contributed by atoms with E-state index in [1.807, 2.05) is 38.0 Å². The zero-order valence-corrected chi connectivity index (χ0v) is 8.42. The van der Waals surface area contributed by atoms with Crippen LogP contribution in [-0.4, -0.2) is 57.1 Å². The topological polar surface area (TPSA) is 35.6 Å². The number of hydrogen-bond acceptors (Lipinski definition) is 3. The van der Waals surface area contributed by atoms with Gasteiger partial charge in [-0.15, -0.1) is 0 Å². The van der Waals surface area contributed by atoms with Gasteiger partial charge in [0, 0.05) is 13.0 Å². The molecule has 0 saturated carbocycles. The van der Waals surface area contributed by atoms with Crippen LogP contribution < -0.4 is 5.32 Å². The summed E-state index contributed by atoms with van der Waals surface area (Å²) in [5.41, 5.74) is 0. The van der Waals surface area contributed by atoms with Crippen molar-refractivity contribution in [1.29, 1.82) is 0 Å². The number of amides is 1. The van der Waals surface area contributed by atoms with Gasteiger partial charge in [-0.25, -0.2) is 0 Å². The Kier molecular flexibility index (Phi) is 5.66. The van der Waals surface area contributed by atoms with Gasteiger partial charge in [0.05, 0.1) is 6.67 Å². The number of nitrogens with one attached hydrogen (secondary N) is 1. The predicted molar refractivity (Wildman–Crippen MR) is 49.9 cm³/mol. The zero-order valence-electron chi connectivity index (χ0n) is 8.42. The summed E-state index contributed by atoms with van der Waals surface area (Å²) in [5, 5.41) is 2.80. The molecule has 0 saturated heterocycles. The van der Waals surface area contributed by atoms with Crippen molar-refractivity contribution in [2.75, 3.05) is 41.4 Å². The summed E-state index contributed by atoms with van der Waals surface area (Å²) in [6.45, 7) is 1.42. The van der Waals surface area contributed by atoms with Crippen LogP contribution in [0.3, 0.4) is 0 Å². The molecule has 0 aromatic heterocycles. The molecule has 4 nitrogen and oxygen atoms in total. The van der Waals surface area contributed by atoms with Gasteiger partial charge in [0.2, 0.25) is 5.91 Å². The third-order valence-corrected chi connectivity index (χ3v) is 1.38. The summed E-state index contributed by atoms with van der Waals surface area (Å²) in [6.07, 6.45) is 0.570. The average Bonchev–Trinajstić information content (AvgIpc) is 1.96. The van der Waals surface area contributed by atoms with Crippen LogP contribution >= 0.6 is 0 Å². The maximum Gasteiger partial charge on any atom is 0.222 e. The van der Waals surface area contributed by atoms with Crippen LogP contribution in [0.5, 0.6) is 0 Å². The van der Waals surface area contributed by atoms with E-state index in [4.69, 9.17) is 0 Å². The third-order valence-electron chi connectivity index (χ3n) is 1.38. The second kappa shape index (κ2) is 5.97. The van der Waals surface area contributed by atoms with Crippen molar-refractivity contribution in [1.82, 2.24) is 15.1 Å². The van der Waals surface area contributed by atoms with Gasteiger partial charge in [-0.2, -0.15) is 0 Å². The quantitative estimate of drug-likeness (QED) is 0.573. The highest BCUT2D eigenvalue weighted by Crippen LogP contribution is 1.83. The van der Waals surface area contributed by atoms with Crippen LogP contribution in [0.1, 0.15) is 6.42 Å². The molecule has 0 atom stereocenters. The molecule has 0 aliphatic heterocycles. The lowest BCUT2D eigenvalue weighted by molar-refractivity contribution is -0.121. The van der Waals surface area contributed by atoms with E-state index in [2.05, 4.69) is 5.32 Å². The maximum absolute atomic E-state index is 11.1. The fourth-order valence-corrected chi connectivity index (χ4v) is 0.660. The minimum absolute atomic E-state index is 0.109. The van der Waals surface area contributed by atoms with E-state index in [0.29, 0.717) is 13.1 Å². The van der Waals surface area contributed by atoms with Crippen LogP contribution in [0.2, 0.25) is 0 Å². The molecule has 0 rings (SSSR count). The van der Waals surface area contributed by atoms with Crippen LogP contribution in [0.4, 0.5) is 0 Å². The highest BCUT2D eigenvalue weighted by Gasteiger charge is 2.00. The largest absolute Gasteiger partial charge is 0.343 e. The normalized spacial score (nSPS) is 10.8. The number of carbonyl (C=O) groups excluding carboxylic acids is 1. The molecule has 0 unspecified atom stereocenters. The molecule has 0 aromatic carbocycles. The van der Waals surface area contributed by atoms with Gasteiger partial charge in [-0.3, -0.25) is 9.69 Å². The molecule has 72 valence electrons. The Morgan fingerprint density at radius 3 is 2.17 bits per heavy atom. The van der Waals surface area contributed by atoms with Gasteiger partial charge in [-0.05, 0) is 28.2 Å². The van der Waals surface area contributed by atoms with Crippen molar-refractivity contribution in [2.45, 2.75) is 6.42 Å². The predicted octanol–water partition coefficient (Wildman–Crippen LogP) is -0.427. The summed E-state index contributed by atoms with van der Waals surface area (Å²) in [5.74, 6) is 0.109. The van der Waals surface area contributed by atoms with Crippen LogP contribution in [-0.2, 0) is 4.79 Å². The lowest BCUT2D eigenvalue weighted by Crippen LogP contribution is -2.34. The van der Waals surface area contributed by atoms with E-state index >= 15 is 0 Å². The first kappa shape index (κ1) is 11.4. The standard InChI is InChI=1S/C8H19N3O/c1-10(2)6-5-8(12)9-7-11(3)4/h5-7H2,1-4H3,(H,9,12). The van der Waals surface area contributed by atoms with E-state index in [-0.39, 0.29) is 5.91 Å². The Morgan fingerprint density at radius 1 is 1.17 bits per heavy atom. The van der Waals surface area contributed by atoms with Crippen molar-refractivity contribution in [2.24, 2.45) is 0 Å². The fraction of sp³-hybridized carbons (Fsp3) is 0.875. The molecule has 1 amide bonds. The molecule has 0 aliphatic rings. The molecule has 0 radical (unpaired) electrons. The van der Waals surface area contributed by atoms with Crippen LogP contribution in [0.25, 0.3) is 0 Å². The summed E-state index contributed by atoms with van der Waals surface area (Å²) < 4.78 is 0. The Hall–Kier alpha value is -0.610. The molecule has 0 bridgehead atoms. The number of rotatable bonds is 5. The van der Waals surface area contributed by atoms with Gasteiger partial charge in [-0.1, -0.05) is 0 Å². The summed E-state index contributed by atoms with van der Waals surface area (Å²) in [4.78, 5) is 15.0. The second-order valence-corrected chi connectivity index (χ2v) is 3.39. The lowest BCUT2D eigenvalue weighted by Gasteiger charge is -2.12. The molecule has 4 heteroatoms. The van der Waals surface area contributed by atoms with Crippen molar-refractivity contribution in [3.8, 4) is 0 Å². The number of hydrogen-bond donors (Lipinski definition) is 1. The van der Waals surface area contributed by atoms with Crippen molar-refractivity contribution in [3.05, 3.63) is 0 Å². The molecule has 0 fully saturated rings. The first-order valence-corrected chi connectivity index (χ1v) is 4.08. The zero-order chi connectivity index (χ0) is 9.56. The molecule has 0 aliphatic carbocycles. The van der Waals surface area contributed by atoms with E-state index < -0.39 is 0 Å². The molecule has 12 heavy (non-hydrogen) atoms. The van der Waals surface area contributed by atoms with Crippen molar-refractivity contribution in [3.63, 3.8) is 0 Å². The molecule has 0 aromatic rings. The minimum Gasteiger partial charge on any atom is -0.343 e. The first-order valence-electron chi connectivity index (χ1n) is 4.08. The number of carbonyl (C=O) groups is 1. The lowest BCUT2D eigenvalue weighted by atomic mass is 10.4. The minimum atomic E-state index is 0.109. The van der Waals surface area contributed by atoms with Gasteiger partial charge >= 0.3 is 0 Å². The molecule has 0 heterocycles. The molecule has 0 spiro atoms. The van der Waals surface area contributed by atoms with Crippen LogP contribution in [0, 0.1) is 0 Å². The Balaban J connectivity index is 3.34. The molecular weight excluding hydrogens is 154 g/mol. The summed E-state index contributed by atoms with van der Waals surface area (Å²) >= 11 is 0. The highest BCUT2D eigenvalue weighted by atomic mass is 16.1. The monoisotopic (exact) mass is 173 g/mol. The van der Waals surface area contributed by atoms with Gasteiger partial charge in [0.15, 0.2) is 0 Å². The highest BCUT2D eigenvalue weighted by molar-refractivity contribution is 5.75. The second-order valence-electron chi connectivity index (χ2n) is 3.39. The third kappa shape index (κ3) is 7.50. The van der Waals surface area contributed by atoms with Crippen LogP contribution in [0.15, 0.2) is 0 Å². The maximum atomic E-state index is 11.1. The van der Waals surface area contributed by atoms with E-state index in [0.717, 1.165) is 6.54 Å².